The number of aliphatic hydroxyl groups is 1. The summed E-state index contributed by atoms with van der Waals surface area (Å²) in [6, 6.07) is 4.44. The van der Waals surface area contributed by atoms with E-state index in [9.17, 15) is 5.11 Å². The number of benzene rings is 1. The van der Waals surface area contributed by atoms with Gasteiger partial charge < -0.3 is 10.4 Å². The normalized spacial score (nSPS) is 14.6. The summed E-state index contributed by atoms with van der Waals surface area (Å²) in [6.07, 6.45) is 1.89. The second-order valence-corrected chi connectivity index (χ2v) is 6.33. The van der Waals surface area contributed by atoms with E-state index in [0.29, 0.717) is 5.92 Å². The van der Waals surface area contributed by atoms with Crippen molar-refractivity contribution in [1.82, 2.24) is 5.32 Å². The molecule has 1 aromatic carbocycles. The fraction of sp³-hybridized carbons (Fsp3) is 0.667. The Kier molecular flexibility index (Phi) is 6.70. The number of hydrogen-bond acceptors (Lipinski definition) is 2. The van der Waals surface area contributed by atoms with Crippen LogP contribution in [0, 0.1) is 26.7 Å². The fourth-order valence-corrected chi connectivity index (χ4v) is 2.99. The quantitative estimate of drug-likeness (QED) is 0.737. The van der Waals surface area contributed by atoms with Crippen LogP contribution in [-0.4, -0.2) is 17.7 Å². The van der Waals surface area contributed by atoms with Crippen molar-refractivity contribution in [1.29, 1.82) is 0 Å². The van der Waals surface area contributed by atoms with Gasteiger partial charge in [0.05, 0.1) is 6.10 Å². The number of hydrogen-bond donors (Lipinski definition) is 2. The third-order valence-corrected chi connectivity index (χ3v) is 4.00. The number of unbranched alkanes of at least 4 members (excludes halogenated alkanes) is 1. The minimum atomic E-state index is -0.438. The molecule has 0 fully saturated rings. The highest BCUT2D eigenvalue weighted by molar-refractivity contribution is 5.39. The van der Waals surface area contributed by atoms with Crippen LogP contribution in [0.3, 0.4) is 0 Å². The predicted octanol–water partition coefficient (Wildman–Crippen LogP) is 4.06. The highest BCUT2D eigenvalue weighted by atomic mass is 16.3. The van der Waals surface area contributed by atoms with Gasteiger partial charge in [0.15, 0.2) is 0 Å². The molecule has 0 aliphatic heterocycles. The summed E-state index contributed by atoms with van der Waals surface area (Å²) >= 11 is 0. The molecule has 1 aromatic rings. The molecule has 0 radical (unpaired) electrons. The van der Waals surface area contributed by atoms with E-state index in [1.165, 1.54) is 23.1 Å². The molecule has 0 amide bonds. The Balaban J connectivity index is 2.97. The molecule has 20 heavy (non-hydrogen) atoms. The zero-order chi connectivity index (χ0) is 15.3. The third kappa shape index (κ3) is 4.32. The number of aliphatic hydroxyl groups excluding tert-OH is 1. The minimum Gasteiger partial charge on any atom is -0.387 e. The molecule has 0 spiro atoms. The molecular formula is C18H31NO. The molecule has 2 N–H and O–H groups in total. The highest BCUT2D eigenvalue weighted by Crippen LogP contribution is 2.28. The lowest BCUT2D eigenvalue weighted by Gasteiger charge is -2.30. The van der Waals surface area contributed by atoms with Crippen LogP contribution in [0.2, 0.25) is 0 Å². The second-order valence-electron chi connectivity index (χ2n) is 6.33. The van der Waals surface area contributed by atoms with E-state index in [1.54, 1.807) is 0 Å². The monoisotopic (exact) mass is 277 g/mol. The molecule has 0 aliphatic carbocycles. The molecule has 1 rings (SSSR count). The van der Waals surface area contributed by atoms with Crippen molar-refractivity contribution in [2.45, 2.75) is 66.5 Å². The van der Waals surface area contributed by atoms with E-state index in [0.717, 1.165) is 18.5 Å². The van der Waals surface area contributed by atoms with E-state index >= 15 is 0 Å². The molecule has 2 heteroatoms. The lowest BCUT2D eigenvalue weighted by Crippen LogP contribution is -2.40. The maximum absolute atomic E-state index is 10.8. The van der Waals surface area contributed by atoms with Gasteiger partial charge in [0.2, 0.25) is 0 Å². The zero-order valence-electron chi connectivity index (χ0n) is 14.0. The van der Waals surface area contributed by atoms with Gasteiger partial charge in [0, 0.05) is 6.04 Å². The van der Waals surface area contributed by atoms with Crippen LogP contribution in [0.25, 0.3) is 0 Å². The molecule has 0 bridgehead atoms. The smallest absolute Gasteiger partial charge is 0.0950 e. The van der Waals surface area contributed by atoms with Crippen LogP contribution in [0.4, 0.5) is 0 Å². The summed E-state index contributed by atoms with van der Waals surface area (Å²) in [6.45, 7) is 13.8. The lowest BCUT2D eigenvalue weighted by atomic mass is 9.87. The van der Waals surface area contributed by atoms with Crippen molar-refractivity contribution in [3.05, 3.63) is 34.4 Å². The summed E-state index contributed by atoms with van der Waals surface area (Å²) < 4.78 is 0. The SMILES string of the molecule is CCCCNC(C(C)C)C(O)c1c(C)cc(C)cc1C. The Morgan fingerprint density at radius 2 is 1.65 bits per heavy atom. The number of nitrogens with one attached hydrogen (secondary N) is 1. The van der Waals surface area contributed by atoms with Crippen molar-refractivity contribution < 1.29 is 5.11 Å². The topological polar surface area (TPSA) is 32.3 Å². The maximum atomic E-state index is 10.8. The molecular weight excluding hydrogens is 246 g/mol. The average molecular weight is 277 g/mol. The molecule has 0 saturated carbocycles. The fourth-order valence-electron chi connectivity index (χ4n) is 2.99. The summed E-state index contributed by atoms with van der Waals surface area (Å²) in [5.74, 6) is 0.405. The van der Waals surface area contributed by atoms with E-state index in [4.69, 9.17) is 0 Å². The third-order valence-electron chi connectivity index (χ3n) is 4.00. The van der Waals surface area contributed by atoms with Crippen LogP contribution in [-0.2, 0) is 0 Å². The van der Waals surface area contributed by atoms with Crippen LogP contribution < -0.4 is 5.32 Å². The van der Waals surface area contributed by atoms with E-state index in [2.05, 4.69) is 59.0 Å². The van der Waals surface area contributed by atoms with Gasteiger partial charge in [-0.3, -0.25) is 0 Å². The molecule has 0 heterocycles. The van der Waals surface area contributed by atoms with Gasteiger partial charge in [-0.25, -0.2) is 0 Å². The Labute approximate surface area is 124 Å². The minimum absolute atomic E-state index is 0.113. The summed E-state index contributed by atoms with van der Waals surface area (Å²) in [5.41, 5.74) is 4.74. The molecule has 2 nitrogen and oxygen atoms in total. The van der Waals surface area contributed by atoms with Crippen LogP contribution >= 0.6 is 0 Å². The largest absolute Gasteiger partial charge is 0.387 e. The zero-order valence-corrected chi connectivity index (χ0v) is 14.0. The number of rotatable bonds is 7. The summed E-state index contributed by atoms with van der Waals surface area (Å²) in [5, 5.41) is 14.4. The van der Waals surface area contributed by atoms with Gasteiger partial charge in [0.25, 0.3) is 0 Å². The molecule has 0 aromatic heterocycles. The number of aryl methyl sites for hydroxylation is 3. The van der Waals surface area contributed by atoms with E-state index in [-0.39, 0.29) is 6.04 Å². The molecule has 114 valence electrons. The van der Waals surface area contributed by atoms with Gasteiger partial charge in [-0.05, 0) is 56.3 Å². The first kappa shape index (κ1) is 17.2. The maximum Gasteiger partial charge on any atom is 0.0950 e. The van der Waals surface area contributed by atoms with Crippen LogP contribution in [0.15, 0.2) is 12.1 Å². The molecule has 2 atom stereocenters. The first-order valence-corrected chi connectivity index (χ1v) is 7.87. The van der Waals surface area contributed by atoms with Gasteiger partial charge in [-0.2, -0.15) is 0 Å². The Morgan fingerprint density at radius 1 is 1.10 bits per heavy atom. The average Bonchev–Trinajstić information content (AvgIpc) is 2.32. The van der Waals surface area contributed by atoms with Crippen molar-refractivity contribution in [3.63, 3.8) is 0 Å². The molecule has 0 aliphatic rings. The Bertz CT molecular complexity index is 402. The first-order chi connectivity index (χ1) is 9.38. The van der Waals surface area contributed by atoms with Gasteiger partial charge in [0.1, 0.15) is 0 Å². The Hall–Kier alpha value is -0.860. The van der Waals surface area contributed by atoms with Crippen molar-refractivity contribution in [2.75, 3.05) is 6.54 Å². The first-order valence-electron chi connectivity index (χ1n) is 7.87. The van der Waals surface area contributed by atoms with E-state index < -0.39 is 6.10 Å². The lowest BCUT2D eigenvalue weighted by molar-refractivity contribution is 0.104. The van der Waals surface area contributed by atoms with Crippen molar-refractivity contribution >= 4 is 0 Å². The van der Waals surface area contributed by atoms with Gasteiger partial charge in [-0.15, -0.1) is 0 Å². The predicted molar refractivity (Wildman–Crippen MR) is 87.1 cm³/mol. The molecule has 2 unspecified atom stereocenters. The van der Waals surface area contributed by atoms with Crippen molar-refractivity contribution in [2.24, 2.45) is 5.92 Å². The Morgan fingerprint density at radius 3 is 2.10 bits per heavy atom. The van der Waals surface area contributed by atoms with Crippen LogP contribution in [0.5, 0.6) is 0 Å². The van der Waals surface area contributed by atoms with Crippen molar-refractivity contribution in [3.8, 4) is 0 Å². The summed E-state index contributed by atoms with van der Waals surface area (Å²) in [7, 11) is 0. The van der Waals surface area contributed by atoms with Crippen LogP contribution in [0.1, 0.15) is 62.0 Å². The molecule has 0 saturated heterocycles. The van der Waals surface area contributed by atoms with Gasteiger partial charge in [-0.1, -0.05) is 44.9 Å². The van der Waals surface area contributed by atoms with E-state index in [1.807, 2.05) is 0 Å². The second kappa shape index (κ2) is 7.80. The standard InChI is InChI=1S/C18H31NO/c1-7-8-9-19-17(12(2)3)18(20)16-14(5)10-13(4)11-15(16)6/h10-12,17-20H,7-9H2,1-6H3. The van der Waals surface area contributed by atoms with Gasteiger partial charge >= 0.3 is 0 Å². The summed E-state index contributed by atoms with van der Waals surface area (Å²) in [4.78, 5) is 0. The highest BCUT2D eigenvalue weighted by Gasteiger charge is 2.25.